The third kappa shape index (κ3) is 10.1. The second-order valence-electron chi connectivity index (χ2n) is 16.9. The fraction of sp³-hybridized carbons (Fsp3) is 0.173. The molecule has 7 aromatic rings. The number of thiazole rings is 1. The zero-order valence-electron chi connectivity index (χ0n) is 38.2. The van der Waals surface area contributed by atoms with Crippen molar-refractivity contribution in [1.29, 1.82) is 0 Å². The highest BCUT2D eigenvalue weighted by Gasteiger charge is 2.66. The van der Waals surface area contributed by atoms with Crippen molar-refractivity contribution in [2.45, 2.75) is 48.3 Å². The SMILES string of the molecule is CC(C)(C)OC(=O)Nc1nc(/C(=N/OC(c2ccccc2)(c2ccccc2)c2ccccc2)C(=O)N[C@]2(SC=S)C(=O)N3C(C(=O)OC(c4ccccc4)c4ccccc4)=C(c4cnns4)CS[C@H]32)cs1. The Bertz CT molecular complexity index is 2970. The Labute approximate surface area is 431 Å². The van der Waals surface area contributed by atoms with Crippen LogP contribution in [0.15, 0.2) is 174 Å². The number of aromatic nitrogens is 3. The summed E-state index contributed by atoms with van der Waals surface area (Å²) < 4.78 is 17.2. The number of oxime groups is 1. The van der Waals surface area contributed by atoms with Crippen LogP contribution in [0, 0.1) is 0 Å². The Balaban J connectivity index is 1.12. The zero-order valence-corrected chi connectivity index (χ0v) is 42.2. The number of carbonyl (C=O) groups is 4. The highest BCUT2D eigenvalue weighted by Crippen LogP contribution is 2.53. The summed E-state index contributed by atoms with van der Waals surface area (Å²) in [6, 6.07) is 47.0. The summed E-state index contributed by atoms with van der Waals surface area (Å²) in [7, 11) is 0. The van der Waals surface area contributed by atoms with Gasteiger partial charge in [0.1, 0.15) is 22.4 Å². The molecule has 2 aliphatic rings. The maximum Gasteiger partial charge on any atom is 0.413 e. The second kappa shape index (κ2) is 21.1. The number of hydrogen-bond acceptors (Lipinski definition) is 16. The molecule has 0 unspecified atom stereocenters. The molecule has 0 aliphatic carbocycles. The number of carbonyl (C=O) groups excluding carboxylic acids is 4. The number of fused-ring (bicyclic) bond motifs is 1. The molecule has 2 aromatic heterocycles. The van der Waals surface area contributed by atoms with Gasteiger partial charge in [-0.3, -0.25) is 19.8 Å². The van der Waals surface area contributed by atoms with Gasteiger partial charge in [-0.2, -0.15) is 0 Å². The van der Waals surface area contributed by atoms with E-state index in [9.17, 15) is 9.59 Å². The van der Waals surface area contributed by atoms with E-state index in [-0.39, 0.29) is 28.0 Å². The lowest BCUT2D eigenvalue weighted by molar-refractivity contribution is -0.155. The van der Waals surface area contributed by atoms with Crippen LogP contribution in [0.1, 0.15) is 65.3 Å². The van der Waals surface area contributed by atoms with E-state index in [4.69, 9.17) is 31.7 Å². The first-order valence-electron chi connectivity index (χ1n) is 22.0. The summed E-state index contributed by atoms with van der Waals surface area (Å²) in [5.41, 5.74) is 1.48. The number of amides is 3. The monoisotopic (exact) mass is 1040 g/mol. The molecule has 358 valence electrons. The Morgan fingerprint density at radius 2 is 1.39 bits per heavy atom. The van der Waals surface area contributed by atoms with Gasteiger partial charge in [0.05, 0.1) is 11.1 Å². The summed E-state index contributed by atoms with van der Waals surface area (Å²) in [6.07, 6.45) is -0.0493. The molecule has 19 heteroatoms. The number of ether oxygens (including phenoxy) is 2. The molecule has 0 saturated carbocycles. The standard InChI is InChI=1S/C52H43N7O7S5/c1-50(2,3)65-49(63)55-48-54-39(31-69-48)41(57-66-51(35-23-13-6-14-24-35,36-25-15-7-16-26-36)37-27-17-8-18-28-37)44(60)56-52(70-32-67)46(62)59-42(38(30-68-47(52)59)40-29-53-58-71-40)45(61)64-43(33-19-9-4-10-20-33)34-21-11-5-12-22-34/h4-29,31-32,43,47H,30H2,1-3H3,(H,56,60)(H,54,55,63)/b57-41-/t47-,52-/m0/s1. The van der Waals surface area contributed by atoms with Crippen LogP contribution in [0.2, 0.25) is 0 Å². The molecule has 2 N–H and O–H groups in total. The van der Waals surface area contributed by atoms with Gasteiger partial charge in [-0.05, 0) is 43.4 Å². The lowest BCUT2D eigenvalue weighted by Crippen LogP contribution is -2.78. The van der Waals surface area contributed by atoms with Crippen LogP contribution in [0.4, 0.5) is 9.93 Å². The zero-order chi connectivity index (χ0) is 49.6. The molecule has 0 bridgehead atoms. The number of hydrogen-bond donors (Lipinski definition) is 2. The number of thiocarbonyl (C=S) groups is 1. The van der Waals surface area contributed by atoms with Gasteiger partial charge in [-0.25, -0.2) is 14.6 Å². The number of anilines is 1. The minimum Gasteiger partial charge on any atom is -0.448 e. The molecule has 5 aromatic carbocycles. The largest absolute Gasteiger partial charge is 0.448 e. The number of β-lactam (4-membered cyclic amide) rings is 1. The van der Waals surface area contributed by atoms with Crippen molar-refractivity contribution in [2.24, 2.45) is 5.16 Å². The number of benzene rings is 5. The highest BCUT2D eigenvalue weighted by molar-refractivity contribution is 8.22. The average molecular weight is 1040 g/mol. The quantitative estimate of drug-likeness (QED) is 0.0178. The third-order valence-electron chi connectivity index (χ3n) is 11.2. The van der Waals surface area contributed by atoms with Gasteiger partial charge in [-0.15, -0.1) is 28.2 Å². The van der Waals surface area contributed by atoms with Gasteiger partial charge in [0, 0.05) is 38.1 Å². The van der Waals surface area contributed by atoms with Crippen molar-refractivity contribution in [3.05, 3.63) is 207 Å². The fourth-order valence-electron chi connectivity index (χ4n) is 8.13. The Morgan fingerprint density at radius 3 is 1.90 bits per heavy atom. The minimum absolute atomic E-state index is 0.00976. The predicted octanol–water partition coefficient (Wildman–Crippen LogP) is 10.2. The van der Waals surface area contributed by atoms with Crippen molar-refractivity contribution >= 4 is 104 Å². The maximum atomic E-state index is 15.3. The first-order chi connectivity index (χ1) is 34.4. The molecule has 0 radical (unpaired) electrons. The molecule has 14 nitrogen and oxygen atoms in total. The Morgan fingerprint density at radius 1 is 0.845 bits per heavy atom. The smallest absolute Gasteiger partial charge is 0.413 e. The summed E-state index contributed by atoms with van der Waals surface area (Å²) in [4.78, 5) is 69.8. The second-order valence-corrected chi connectivity index (χ2v) is 21.3. The normalized spacial score (nSPS) is 16.9. The minimum atomic E-state index is -1.77. The van der Waals surface area contributed by atoms with E-state index in [0.29, 0.717) is 27.1 Å². The van der Waals surface area contributed by atoms with Crippen LogP contribution in [-0.2, 0) is 34.3 Å². The van der Waals surface area contributed by atoms with E-state index >= 15 is 9.59 Å². The molecular formula is C52H43N7O7S5. The first-order valence-corrected chi connectivity index (χ1v) is 26.1. The number of esters is 1. The van der Waals surface area contributed by atoms with Gasteiger partial charge in [-0.1, -0.05) is 185 Å². The Kier molecular flexibility index (Phi) is 14.6. The van der Waals surface area contributed by atoms with Crippen molar-refractivity contribution in [1.82, 2.24) is 24.8 Å². The van der Waals surface area contributed by atoms with Gasteiger partial charge in [0.15, 0.2) is 16.9 Å². The molecule has 2 aliphatic heterocycles. The summed E-state index contributed by atoms with van der Waals surface area (Å²) >= 11 is 9.75. The molecule has 3 amide bonds. The molecule has 4 heterocycles. The number of rotatable bonds is 16. The van der Waals surface area contributed by atoms with E-state index in [1.54, 1.807) is 20.8 Å². The van der Waals surface area contributed by atoms with Crippen LogP contribution in [0.3, 0.4) is 0 Å². The third-order valence-corrected chi connectivity index (χ3v) is 15.5. The summed E-state index contributed by atoms with van der Waals surface area (Å²) in [6.45, 7) is 5.20. The highest BCUT2D eigenvalue weighted by atomic mass is 32.2. The van der Waals surface area contributed by atoms with Crippen LogP contribution < -0.4 is 10.6 Å². The first kappa shape index (κ1) is 49.0. The topological polar surface area (TPSA) is 174 Å². The lowest BCUT2D eigenvalue weighted by Gasteiger charge is -2.56. The van der Waals surface area contributed by atoms with Crippen LogP contribution in [-0.4, -0.2) is 75.4 Å². The van der Waals surface area contributed by atoms with Crippen molar-refractivity contribution in [2.75, 3.05) is 11.1 Å². The average Bonchev–Trinajstić information content (AvgIpc) is 4.10. The van der Waals surface area contributed by atoms with E-state index in [1.807, 2.05) is 152 Å². The van der Waals surface area contributed by atoms with Crippen LogP contribution in [0.5, 0.6) is 0 Å². The van der Waals surface area contributed by atoms with Gasteiger partial charge in [0.25, 0.3) is 11.8 Å². The summed E-state index contributed by atoms with van der Waals surface area (Å²) in [5, 5.41) is 15.1. The van der Waals surface area contributed by atoms with Crippen molar-refractivity contribution < 1.29 is 33.5 Å². The van der Waals surface area contributed by atoms with Crippen molar-refractivity contribution in [3.63, 3.8) is 0 Å². The van der Waals surface area contributed by atoms with Gasteiger partial charge >= 0.3 is 12.1 Å². The van der Waals surface area contributed by atoms with Crippen LogP contribution in [0.25, 0.3) is 5.57 Å². The van der Waals surface area contributed by atoms with Gasteiger partial charge in [0.2, 0.25) is 10.5 Å². The Hall–Kier alpha value is -7.03. The molecular weight excluding hydrogens is 995 g/mol. The molecule has 1 saturated heterocycles. The molecule has 0 spiro atoms. The predicted molar refractivity (Wildman–Crippen MR) is 282 cm³/mol. The number of thioether (sulfide) groups is 2. The van der Waals surface area contributed by atoms with Crippen LogP contribution >= 0.6 is 58.6 Å². The summed E-state index contributed by atoms with van der Waals surface area (Å²) in [5.74, 6) is -2.06. The fourth-order valence-corrected chi connectivity index (χ4v) is 12.4. The molecule has 9 rings (SSSR count). The van der Waals surface area contributed by atoms with E-state index in [2.05, 4.69) is 25.2 Å². The molecule has 2 atom stereocenters. The van der Waals surface area contributed by atoms with Crippen molar-refractivity contribution in [3.8, 4) is 0 Å². The lowest BCUT2D eigenvalue weighted by atomic mass is 9.80. The van der Waals surface area contributed by atoms with Gasteiger partial charge < -0.3 is 19.6 Å². The van der Waals surface area contributed by atoms with E-state index < -0.39 is 51.4 Å². The molecule has 1 fully saturated rings. The maximum absolute atomic E-state index is 15.3. The number of nitrogens with one attached hydrogen (secondary N) is 2. The molecule has 71 heavy (non-hydrogen) atoms. The van der Waals surface area contributed by atoms with E-state index in [0.717, 1.165) is 45.8 Å². The number of nitrogens with zero attached hydrogens (tertiary/aromatic N) is 5. The van der Waals surface area contributed by atoms with E-state index in [1.165, 1.54) is 32.9 Å².